The summed E-state index contributed by atoms with van der Waals surface area (Å²) in [6, 6.07) is 12.0. The second-order valence-electron chi connectivity index (χ2n) is 5.56. The second-order valence-corrected chi connectivity index (χ2v) is 6.41. The Morgan fingerprint density at radius 2 is 1.76 bits per heavy atom. The molecule has 0 aliphatic heterocycles. The maximum atomic E-state index is 5.70. The molecule has 0 spiro atoms. The number of H-pyrrole nitrogens is 1. The van der Waals surface area contributed by atoms with Crippen LogP contribution in [-0.2, 0) is 13.1 Å². The molecular formula is C19H22BrN3O2. The molecule has 0 atom stereocenters. The molecule has 0 unspecified atom stereocenters. The first kappa shape index (κ1) is 17.8. The van der Waals surface area contributed by atoms with E-state index in [1.165, 1.54) is 0 Å². The van der Waals surface area contributed by atoms with Gasteiger partial charge in [0.1, 0.15) is 5.82 Å². The van der Waals surface area contributed by atoms with Crippen molar-refractivity contribution in [2.24, 2.45) is 0 Å². The van der Waals surface area contributed by atoms with Crippen LogP contribution in [0.25, 0.3) is 11.0 Å². The van der Waals surface area contributed by atoms with Gasteiger partial charge in [-0.3, -0.25) is 0 Å². The average molecular weight is 404 g/mol. The van der Waals surface area contributed by atoms with Crippen LogP contribution in [-0.4, -0.2) is 23.2 Å². The van der Waals surface area contributed by atoms with E-state index >= 15 is 0 Å². The van der Waals surface area contributed by atoms with Gasteiger partial charge in [0.05, 0.1) is 30.8 Å². The van der Waals surface area contributed by atoms with Crippen molar-refractivity contribution in [1.29, 1.82) is 0 Å². The molecule has 1 heterocycles. The van der Waals surface area contributed by atoms with Gasteiger partial charge in [0.2, 0.25) is 0 Å². The first-order valence-electron chi connectivity index (χ1n) is 8.43. The SMILES string of the molecule is CCOc1cc(Br)c(CNCc2nc3ccccc3[nH]2)cc1OCC. The first-order chi connectivity index (χ1) is 12.2. The Morgan fingerprint density at radius 3 is 2.48 bits per heavy atom. The van der Waals surface area contributed by atoms with E-state index in [-0.39, 0.29) is 0 Å². The molecular weight excluding hydrogens is 382 g/mol. The third kappa shape index (κ3) is 4.32. The van der Waals surface area contributed by atoms with Gasteiger partial charge in [0.25, 0.3) is 0 Å². The largest absolute Gasteiger partial charge is 0.490 e. The van der Waals surface area contributed by atoms with Crippen LogP contribution in [0.3, 0.4) is 0 Å². The zero-order valence-electron chi connectivity index (χ0n) is 14.4. The minimum atomic E-state index is 0.605. The molecule has 0 fully saturated rings. The van der Waals surface area contributed by atoms with Crippen molar-refractivity contribution >= 4 is 27.0 Å². The standard InChI is InChI=1S/C19H22BrN3O2/c1-3-24-17-9-13(14(20)10-18(17)25-4-2)11-21-12-19-22-15-7-5-6-8-16(15)23-19/h5-10,21H,3-4,11-12H2,1-2H3,(H,22,23). The summed E-state index contributed by atoms with van der Waals surface area (Å²) in [5.74, 6) is 2.46. The summed E-state index contributed by atoms with van der Waals surface area (Å²) in [4.78, 5) is 7.90. The number of aromatic amines is 1. The Labute approximate surface area is 155 Å². The summed E-state index contributed by atoms with van der Waals surface area (Å²) in [5, 5.41) is 3.42. The number of imidazole rings is 1. The third-order valence-electron chi connectivity index (χ3n) is 3.76. The lowest BCUT2D eigenvalue weighted by Gasteiger charge is -2.14. The van der Waals surface area contributed by atoms with E-state index in [2.05, 4.69) is 31.2 Å². The van der Waals surface area contributed by atoms with Crippen LogP contribution in [0.2, 0.25) is 0 Å². The predicted octanol–water partition coefficient (Wildman–Crippen LogP) is 4.41. The van der Waals surface area contributed by atoms with Gasteiger partial charge in [0.15, 0.2) is 11.5 Å². The summed E-state index contributed by atoms with van der Waals surface area (Å²) in [6.07, 6.45) is 0. The highest BCUT2D eigenvalue weighted by Crippen LogP contribution is 2.33. The van der Waals surface area contributed by atoms with Crippen LogP contribution in [0.15, 0.2) is 40.9 Å². The lowest BCUT2D eigenvalue weighted by atomic mass is 10.2. The lowest BCUT2D eigenvalue weighted by molar-refractivity contribution is 0.287. The molecule has 2 aromatic carbocycles. The van der Waals surface area contributed by atoms with Crippen molar-refractivity contribution in [3.05, 3.63) is 52.3 Å². The van der Waals surface area contributed by atoms with Crippen LogP contribution in [0, 0.1) is 0 Å². The fraction of sp³-hybridized carbons (Fsp3) is 0.316. The van der Waals surface area contributed by atoms with E-state index in [9.17, 15) is 0 Å². The molecule has 0 saturated carbocycles. The second kappa shape index (κ2) is 8.36. The van der Waals surface area contributed by atoms with Crippen molar-refractivity contribution in [1.82, 2.24) is 15.3 Å². The smallest absolute Gasteiger partial charge is 0.162 e. The van der Waals surface area contributed by atoms with Crippen LogP contribution < -0.4 is 14.8 Å². The summed E-state index contributed by atoms with van der Waals surface area (Å²) < 4.78 is 12.3. The van der Waals surface area contributed by atoms with Crippen molar-refractivity contribution in [2.45, 2.75) is 26.9 Å². The Morgan fingerprint density at radius 1 is 1.04 bits per heavy atom. The summed E-state index contributed by atoms with van der Waals surface area (Å²) in [7, 11) is 0. The van der Waals surface area contributed by atoms with Gasteiger partial charge in [-0.2, -0.15) is 0 Å². The molecule has 25 heavy (non-hydrogen) atoms. The zero-order valence-corrected chi connectivity index (χ0v) is 16.0. The molecule has 0 amide bonds. The highest BCUT2D eigenvalue weighted by atomic mass is 79.9. The van der Waals surface area contributed by atoms with Gasteiger partial charge in [-0.15, -0.1) is 0 Å². The van der Waals surface area contributed by atoms with Gasteiger partial charge in [0, 0.05) is 11.0 Å². The molecule has 1 aromatic heterocycles. The molecule has 6 heteroatoms. The highest BCUT2D eigenvalue weighted by molar-refractivity contribution is 9.10. The molecule has 0 saturated heterocycles. The minimum absolute atomic E-state index is 0.605. The van der Waals surface area contributed by atoms with E-state index in [0.717, 1.165) is 38.4 Å². The molecule has 0 radical (unpaired) electrons. The van der Waals surface area contributed by atoms with Gasteiger partial charge >= 0.3 is 0 Å². The number of aromatic nitrogens is 2. The van der Waals surface area contributed by atoms with E-state index < -0.39 is 0 Å². The lowest BCUT2D eigenvalue weighted by Crippen LogP contribution is -2.14. The van der Waals surface area contributed by atoms with Crippen LogP contribution >= 0.6 is 15.9 Å². The molecule has 0 aliphatic carbocycles. The van der Waals surface area contributed by atoms with E-state index in [4.69, 9.17) is 9.47 Å². The average Bonchev–Trinajstić information content (AvgIpc) is 3.01. The van der Waals surface area contributed by atoms with Crippen molar-refractivity contribution in [2.75, 3.05) is 13.2 Å². The molecule has 2 N–H and O–H groups in total. The van der Waals surface area contributed by atoms with Gasteiger partial charge in [-0.25, -0.2) is 4.98 Å². The number of fused-ring (bicyclic) bond motifs is 1. The first-order valence-corrected chi connectivity index (χ1v) is 9.23. The number of hydrogen-bond acceptors (Lipinski definition) is 4. The zero-order chi connectivity index (χ0) is 17.6. The number of halogens is 1. The third-order valence-corrected chi connectivity index (χ3v) is 4.50. The van der Waals surface area contributed by atoms with Gasteiger partial charge in [-0.05, 0) is 43.7 Å². The van der Waals surface area contributed by atoms with Crippen molar-refractivity contribution in [3.63, 3.8) is 0 Å². The fourth-order valence-corrected chi connectivity index (χ4v) is 3.12. The van der Waals surface area contributed by atoms with Gasteiger partial charge in [-0.1, -0.05) is 28.1 Å². The van der Waals surface area contributed by atoms with E-state index in [0.29, 0.717) is 26.3 Å². The number of benzene rings is 2. The molecule has 132 valence electrons. The number of ether oxygens (including phenoxy) is 2. The number of hydrogen-bond donors (Lipinski definition) is 2. The Balaban J connectivity index is 1.68. The Hall–Kier alpha value is -2.05. The van der Waals surface area contributed by atoms with Crippen LogP contribution in [0.1, 0.15) is 25.2 Å². The van der Waals surface area contributed by atoms with Crippen LogP contribution in [0.4, 0.5) is 0 Å². The summed E-state index contributed by atoms with van der Waals surface area (Å²) in [6.45, 7) is 6.51. The van der Waals surface area contributed by atoms with Gasteiger partial charge < -0.3 is 19.8 Å². The number of nitrogens with one attached hydrogen (secondary N) is 2. The van der Waals surface area contributed by atoms with Crippen molar-refractivity contribution < 1.29 is 9.47 Å². The van der Waals surface area contributed by atoms with Crippen LogP contribution in [0.5, 0.6) is 11.5 Å². The maximum absolute atomic E-state index is 5.70. The van der Waals surface area contributed by atoms with E-state index in [1.807, 2.05) is 50.2 Å². The monoisotopic (exact) mass is 403 g/mol. The highest BCUT2D eigenvalue weighted by Gasteiger charge is 2.11. The maximum Gasteiger partial charge on any atom is 0.162 e. The topological polar surface area (TPSA) is 59.2 Å². The van der Waals surface area contributed by atoms with Crippen molar-refractivity contribution in [3.8, 4) is 11.5 Å². The molecule has 0 bridgehead atoms. The molecule has 3 aromatic rings. The molecule has 5 nitrogen and oxygen atoms in total. The van der Waals surface area contributed by atoms with E-state index in [1.54, 1.807) is 0 Å². The summed E-state index contributed by atoms with van der Waals surface area (Å²) in [5.41, 5.74) is 3.16. The Kier molecular flexibility index (Phi) is 5.94. The molecule has 0 aliphatic rings. The molecule has 3 rings (SSSR count). The minimum Gasteiger partial charge on any atom is -0.490 e. The number of nitrogens with zero attached hydrogens (tertiary/aromatic N) is 1. The predicted molar refractivity (Wildman–Crippen MR) is 103 cm³/mol. The number of rotatable bonds is 8. The normalized spacial score (nSPS) is 11.0. The summed E-state index contributed by atoms with van der Waals surface area (Å²) >= 11 is 3.62. The Bertz CT molecular complexity index is 815. The fourth-order valence-electron chi connectivity index (χ4n) is 2.65. The number of para-hydroxylation sites is 2. The quantitative estimate of drug-likeness (QED) is 0.584.